The normalized spacial score (nSPS) is 9.71. The summed E-state index contributed by atoms with van der Waals surface area (Å²) in [5, 5.41) is 9.07. The average Bonchev–Trinajstić information content (AvgIpc) is 2.58. The lowest BCUT2D eigenvalue weighted by Gasteiger charge is -2.02. The smallest absolute Gasteiger partial charge is 0.220 e. The first-order valence-corrected chi connectivity index (χ1v) is 4.39. The van der Waals surface area contributed by atoms with Crippen LogP contribution in [0.5, 0.6) is 0 Å². The summed E-state index contributed by atoms with van der Waals surface area (Å²) in [4.78, 5) is 11.2. The molecule has 5 nitrogen and oxygen atoms in total. The summed E-state index contributed by atoms with van der Waals surface area (Å²) < 4.78 is 0. The molecule has 0 aliphatic heterocycles. The van der Waals surface area contributed by atoms with E-state index in [0.29, 0.717) is 25.2 Å². The SMILES string of the molecule is C=CCCC(=O)NCc1cn[nH]c1N. The number of carbonyl (C=O) groups is 1. The molecule has 0 saturated heterocycles. The van der Waals surface area contributed by atoms with Crippen molar-refractivity contribution in [2.45, 2.75) is 19.4 Å². The van der Waals surface area contributed by atoms with Gasteiger partial charge >= 0.3 is 0 Å². The molecule has 4 N–H and O–H groups in total. The maximum Gasteiger partial charge on any atom is 0.220 e. The molecule has 1 rings (SSSR count). The van der Waals surface area contributed by atoms with Gasteiger partial charge in [-0.1, -0.05) is 6.08 Å². The Kier molecular flexibility index (Phi) is 3.72. The molecule has 5 heteroatoms. The summed E-state index contributed by atoms with van der Waals surface area (Å²) >= 11 is 0. The molecular weight excluding hydrogens is 180 g/mol. The molecule has 0 aromatic carbocycles. The molecule has 1 aromatic heterocycles. The molecule has 0 aliphatic rings. The first-order valence-electron chi connectivity index (χ1n) is 4.39. The number of nitrogens with one attached hydrogen (secondary N) is 2. The molecule has 0 bridgehead atoms. The first kappa shape index (κ1) is 10.3. The number of carbonyl (C=O) groups excluding carboxylic acids is 1. The van der Waals surface area contributed by atoms with Crippen molar-refractivity contribution in [3.8, 4) is 0 Å². The number of hydrogen-bond acceptors (Lipinski definition) is 3. The minimum absolute atomic E-state index is 0.00880. The van der Waals surface area contributed by atoms with Gasteiger partial charge < -0.3 is 11.1 Å². The lowest BCUT2D eigenvalue weighted by Crippen LogP contribution is -2.22. The quantitative estimate of drug-likeness (QED) is 0.599. The van der Waals surface area contributed by atoms with Crippen LogP contribution in [0.15, 0.2) is 18.9 Å². The van der Waals surface area contributed by atoms with Crippen LogP contribution in [-0.2, 0) is 11.3 Å². The van der Waals surface area contributed by atoms with Gasteiger partial charge in [-0.3, -0.25) is 9.89 Å². The van der Waals surface area contributed by atoms with Crippen molar-refractivity contribution in [3.63, 3.8) is 0 Å². The van der Waals surface area contributed by atoms with E-state index in [1.54, 1.807) is 12.3 Å². The van der Waals surface area contributed by atoms with E-state index >= 15 is 0 Å². The van der Waals surface area contributed by atoms with Gasteiger partial charge in [0, 0.05) is 18.5 Å². The van der Waals surface area contributed by atoms with Gasteiger partial charge in [0.15, 0.2) is 0 Å². The Morgan fingerprint density at radius 2 is 2.57 bits per heavy atom. The number of H-pyrrole nitrogens is 1. The van der Waals surface area contributed by atoms with Crippen LogP contribution in [0.1, 0.15) is 18.4 Å². The van der Waals surface area contributed by atoms with E-state index in [9.17, 15) is 4.79 Å². The molecule has 1 aromatic rings. The lowest BCUT2D eigenvalue weighted by atomic mass is 10.3. The van der Waals surface area contributed by atoms with E-state index in [0.717, 1.165) is 5.56 Å². The largest absolute Gasteiger partial charge is 0.384 e. The number of amides is 1. The van der Waals surface area contributed by atoms with Crippen LogP contribution >= 0.6 is 0 Å². The molecule has 14 heavy (non-hydrogen) atoms. The second kappa shape index (κ2) is 5.06. The number of nitrogens with zero attached hydrogens (tertiary/aromatic N) is 1. The van der Waals surface area contributed by atoms with Crippen LogP contribution in [0.3, 0.4) is 0 Å². The number of aromatic nitrogens is 2. The van der Waals surface area contributed by atoms with Crippen molar-refractivity contribution in [1.29, 1.82) is 0 Å². The fourth-order valence-electron chi connectivity index (χ4n) is 0.977. The van der Waals surface area contributed by atoms with E-state index in [2.05, 4.69) is 22.1 Å². The van der Waals surface area contributed by atoms with Crippen LogP contribution in [0.4, 0.5) is 5.82 Å². The Morgan fingerprint density at radius 3 is 3.14 bits per heavy atom. The molecule has 0 fully saturated rings. The Labute approximate surface area is 82.4 Å². The predicted molar refractivity (Wildman–Crippen MR) is 54.3 cm³/mol. The highest BCUT2D eigenvalue weighted by atomic mass is 16.1. The van der Waals surface area contributed by atoms with Crippen LogP contribution in [-0.4, -0.2) is 16.1 Å². The number of anilines is 1. The van der Waals surface area contributed by atoms with E-state index in [1.807, 2.05) is 0 Å². The molecule has 1 amide bonds. The summed E-state index contributed by atoms with van der Waals surface area (Å²) in [7, 11) is 0. The van der Waals surface area contributed by atoms with Crippen molar-refractivity contribution in [3.05, 3.63) is 24.4 Å². The monoisotopic (exact) mass is 194 g/mol. The highest BCUT2D eigenvalue weighted by Crippen LogP contribution is 2.04. The minimum Gasteiger partial charge on any atom is -0.384 e. The van der Waals surface area contributed by atoms with E-state index in [1.165, 1.54) is 0 Å². The maximum absolute atomic E-state index is 11.2. The van der Waals surface area contributed by atoms with Crippen LogP contribution < -0.4 is 11.1 Å². The number of rotatable bonds is 5. The molecule has 0 spiro atoms. The van der Waals surface area contributed by atoms with Gasteiger partial charge in [-0.25, -0.2) is 0 Å². The summed E-state index contributed by atoms with van der Waals surface area (Å²) in [5.74, 6) is 0.486. The molecule has 0 radical (unpaired) electrons. The fraction of sp³-hybridized carbons (Fsp3) is 0.333. The van der Waals surface area contributed by atoms with Gasteiger partial charge in [0.2, 0.25) is 5.91 Å². The summed E-state index contributed by atoms with van der Waals surface area (Å²) in [6.45, 7) is 3.96. The fourth-order valence-corrected chi connectivity index (χ4v) is 0.977. The Hall–Kier alpha value is -1.78. The van der Waals surface area contributed by atoms with E-state index < -0.39 is 0 Å². The van der Waals surface area contributed by atoms with Gasteiger partial charge in [-0.05, 0) is 6.42 Å². The third-order valence-electron chi connectivity index (χ3n) is 1.80. The predicted octanol–water partition coefficient (Wildman–Crippen LogP) is 0.574. The highest BCUT2D eigenvalue weighted by molar-refractivity contribution is 5.76. The Morgan fingerprint density at radius 1 is 1.79 bits per heavy atom. The van der Waals surface area contributed by atoms with Crippen molar-refractivity contribution in [2.75, 3.05) is 5.73 Å². The number of aromatic amines is 1. The third kappa shape index (κ3) is 2.93. The van der Waals surface area contributed by atoms with Crippen LogP contribution in [0.25, 0.3) is 0 Å². The molecular formula is C9H14N4O. The highest BCUT2D eigenvalue weighted by Gasteiger charge is 2.03. The van der Waals surface area contributed by atoms with Crippen molar-refractivity contribution < 1.29 is 4.79 Å². The molecule has 76 valence electrons. The van der Waals surface area contributed by atoms with Crippen LogP contribution in [0, 0.1) is 0 Å². The molecule has 0 saturated carbocycles. The maximum atomic E-state index is 11.2. The second-order valence-electron chi connectivity index (χ2n) is 2.91. The zero-order chi connectivity index (χ0) is 10.4. The number of nitrogens with two attached hydrogens (primary N) is 1. The lowest BCUT2D eigenvalue weighted by molar-refractivity contribution is -0.121. The van der Waals surface area contributed by atoms with Gasteiger partial charge in [0.05, 0.1) is 6.20 Å². The number of hydrogen-bond donors (Lipinski definition) is 3. The van der Waals surface area contributed by atoms with Gasteiger partial charge in [-0.15, -0.1) is 6.58 Å². The topological polar surface area (TPSA) is 83.8 Å². The summed E-state index contributed by atoms with van der Waals surface area (Å²) in [6, 6.07) is 0. The summed E-state index contributed by atoms with van der Waals surface area (Å²) in [5.41, 5.74) is 6.34. The molecule has 0 unspecified atom stereocenters. The molecule has 1 heterocycles. The van der Waals surface area contributed by atoms with Gasteiger partial charge in [0.1, 0.15) is 5.82 Å². The van der Waals surface area contributed by atoms with Crippen LogP contribution in [0.2, 0.25) is 0 Å². The first-order chi connectivity index (χ1) is 6.74. The molecule has 0 aliphatic carbocycles. The van der Waals surface area contributed by atoms with E-state index in [-0.39, 0.29) is 5.91 Å². The third-order valence-corrected chi connectivity index (χ3v) is 1.80. The zero-order valence-electron chi connectivity index (χ0n) is 7.92. The Bertz CT molecular complexity index is 318. The summed E-state index contributed by atoms with van der Waals surface area (Å²) in [6.07, 6.45) is 4.46. The van der Waals surface area contributed by atoms with E-state index in [4.69, 9.17) is 5.73 Å². The Balaban J connectivity index is 2.30. The van der Waals surface area contributed by atoms with Crippen molar-refractivity contribution in [1.82, 2.24) is 15.5 Å². The van der Waals surface area contributed by atoms with Crippen molar-refractivity contribution >= 4 is 11.7 Å². The number of allylic oxidation sites excluding steroid dienone is 1. The minimum atomic E-state index is -0.00880. The number of nitrogen functional groups attached to an aromatic ring is 1. The average molecular weight is 194 g/mol. The van der Waals surface area contributed by atoms with Crippen molar-refractivity contribution in [2.24, 2.45) is 0 Å². The molecule has 0 atom stereocenters. The zero-order valence-corrected chi connectivity index (χ0v) is 7.92. The van der Waals surface area contributed by atoms with Gasteiger partial charge in [-0.2, -0.15) is 5.10 Å². The standard InChI is InChI=1S/C9H14N4O/c1-2-3-4-8(14)11-5-7-6-12-13-9(7)10/h2,6H,1,3-5H2,(H,11,14)(H3,10,12,13). The second-order valence-corrected chi connectivity index (χ2v) is 2.91. The van der Waals surface area contributed by atoms with Gasteiger partial charge in [0.25, 0.3) is 0 Å².